The van der Waals surface area contributed by atoms with Crippen molar-refractivity contribution < 1.29 is 19.1 Å². The Bertz CT molecular complexity index is 1160. The Morgan fingerprint density at radius 3 is 2.59 bits per heavy atom. The first-order valence-electron chi connectivity index (χ1n) is 9.45. The zero-order chi connectivity index (χ0) is 20.7. The van der Waals surface area contributed by atoms with Crippen LogP contribution in [0.4, 0.5) is 4.39 Å². The first-order chi connectivity index (χ1) is 13.9. The van der Waals surface area contributed by atoms with Gasteiger partial charge < -0.3 is 15.0 Å². The van der Waals surface area contributed by atoms with Gasteiger partial charge in [-0.05, 0) is 38.0 Å². The third-order valence-electron chi connectivity index (χ3n) is 5.51. The predicted molar refractivity (Wildman–Crippen MR) is 108 cm³/mol. The van der Waals surface area contributed by atoms with Gasteiger partial charge in [-0.15, -0.1) is 0 Å². The summed E-state index contributed by atoms with van der Waals surface area (Å²) in [6.07, 6.45) is 0.505. The van der Waals surface area contributed by atoms with Gasteiger partial charge in [0, 0.05) is 28.7 Å². The smallest absolute Gasteiger partial charge is 0.290 e. The molecule has 3 aromatic rings. The Morgan fingerprint density at radius 2 is 1.86 bits per heavy atom. The average molecular weight is 392 g/mol. The summed E-state index contributed by atoms with van der Waals surface area (Å²) in [5.74, 6) is -2.22. The number of hydrogen-bond acceptors (Lipinski definition) is 3. The van der Waals surface area contributed by atoms with Crippen molar-refractivity contribution in [3.63, 3.8) is 0 Å². The number of nitrogens with zero attached hydrogens (tertiary/aromatic N) is 1. The maximum atomic E-state index is 14.5. The minimum atomic E-state index is -0.938. The first-order valence-corrected chi connectivity index (χ1v) is 9.45. The normalized spacial score (nSPS) is 16.9. The summed E-state index contributed by atoms with van der Waals surface area (Å²) in [7, 11) is 0. The molecular formula is C23H21FN2O3. The molecule has 6 heteroatoms. The Kier molecular flexibility index (Phi) is 4.70. The summed E-state index contributed by atoms with van der Waals surface area (Å²) in [6.45, 7) is 3.48. The Hall–Kier alpha value is -3.41. The van der Waals surface area contributed by atoms with Crippen LogP contribution in [0.25, 0.3) is 10.9 Å². The summed E-state index contributed by atoms with van der Waals surface area (Å²) in [5.41, 5.74) is 3.19. The number of amides is 1. The van der Waals surface area contributed by atoms with E-state index in [-0.39, 0.29) is 17.7 Å². The van der Waals surface area contributed by atoms with Crippen molar-refractivity contribution in [1.29, 1.82) is 0 Å². The molecule has 2 aromatic carbocycles. The SMILES string of the molecule is CC(=O)C1=C(O)C(=O)N(CCc2c(C)[nH]c3ccccc23)[C@@H]1c1ccccc1F. The molecular weight excluding hydrogens is 371 g/mol. The van der Waals surface area contributed by atoms with Gasteiger partial charge in [-0.1, -0.05) is 36.4 Å². The molecule has 0 saturated carbocycles. The van der Waals surface area contributed by atoms with E-state index in [1.165, 1.54) is 17.9 Å². The Balaban J connectivity index is 1.72. The number of aromatic nitrogens is 1. The molecule has 0 spiro atoms. The van der Waals surface area contributed by atoms with Gasteiger partial charge in [0.05, 0.1) is 11.6 Å². The number of aliphatic hydroxyl groups is 1. The third kappa shape index (κ3) is 3.10. The molecule has 2 N–H and O–H groups in total. The number of nitrogens with one attached hydrogen (secondary N) is 1. The molecule has 0 saturated heterocycles. The van der Waals surface area contributed by atoms with Crippen LogP contribution in [-0.2, 0) is 16.0 Å². The van der Waals surface area contributed by atoms with Crippen molar-refractivity contribution in [2.24, 2.45) is 0 Å². The Morgan fingerprint density at radius 1 is 1.17 bits per heavy atom. The van der Waals surface area contributed by atoms with E-state index in [0.29, 0.717) is 6.42 Å². The van der Waals surface area contributed by atoms with Crippen LogP contribution >= 0.6 is 0 Å². The number of Topliss-reactive ketones (excluding diaryl/α,β-unsaturated/α-hetero) is 1. The van der Waals surface area contributed by atoms with Crippen LogP contribution in [-0.4, -0.2) is 33.2 Å². The standard InChI is InChI=1S/C23H21FN2O3/c1-13-15(16-7-4-6-10-19(16)25-13)11-12-26-21(17-8-3-5-9-18(17)24)20(14(2)27)22(28)23(26)29/h3-10,21,25,28H,11-12H2,1-2H3/t21-/m1/s1. The highest BCUT2D eigenvalue weighted by atomic mass is 19.1. The number of halogens is 1. The van der Waals surface area contributed by atoms with Crippen LogP contribution in [0.5, 0.6) is 0 Å². The van der Waals surface area contributed by atoms with Crippen LogP contribution < -0.4 is 0 Å². The molecule has 0 radical (unpaired) electrons. The number of benzene rings is 2. The number of hydrogen-bond donors (Lipinski definition) is 2. The molecule has 5 nitrogen and oxygen atoms in total. The van der Waals surface area contributed by atoms with Gasteiger partial charge in [0.25, 0.3) is 5.91 Å². The van der Waals surface area contributed by atoms with Crippen LogP contribution in [0.15, 0.2) is 59.9 Å². The number of H-pyrrole nitrogens is 1. The number of rotatable bonds is 5. The zero-order valence-corrected chi connectivity index (χ0v) is 16.2. The number of aromatic amines is 1. The van der Waals surface area contributed by atoms with E-state index in [2.05, 4.69) is 4.98 Å². The minimum absolute atomic E-state index is 0.0595. The molecule has 29 heavy (non-hydrogen) atoms. The second-order valence-corrected chi connectivity index (χ2v) is 7.27. The molecule has 2 heterocycles. The number of aryl methyl sites for hydroxylation is 1. The second kappa shape index (κ2) is 7.20. The van der Waals surface area contributed by atoms with E-state index in [0.717, 1.165) is 22.2 Å². The van der Waals surface area contributed by atoms with Crippen molar-refractivity contribution in [2.75, 3.05) is 6.54 Å². The Labute approximate surface area is 167 Å². The number of ketones is 1. The van der Waals surface area contributed by atoms with Crippen molar-refractivity contribution in [3.05, 3.63) is 82.5 Å². The average Bonchev–Trinajstić information content (AvgIpc) is 3.14. The lowest BCUT2D eigenvalue weighted by molar-refractivity contribution is -0.129. The monoisotopic (exact) mass is 392 g/mol. The summed E-state index contributed by atoms with van der Waals surface area (Å²) in [4.78, 5) is 29.6. The van der Waals surface area contributed by atoms with Gasteiger partial charge in [-0.25, -0.2) is 4.39 Å². The lowest BCUT2D eigenvalue weighted by Gasteiger charge is -2.27. The van der Waals surface area contributed by atoms with Gasteiger partial charge in [0.1, 0.15) is 5.82 Å². The quantitative estimate of drug-likeness (QED) is 0.685. The van der Waals surface area contributed by atoms with Crippen LogP contribution in [0.3, 0.4) is 0 Å². The maximum absolute atomic E-state index is 14.5. The predicted octanol–water partition coefficient (Wildman–Crippen LogP) is 4.14. The van der Waals surface area contributed by atoms with Gasteiger partial charge in [0.15, 0.2) is 11.5 Å². The molecule has 1 aliphatic heterocycles. The minimum Gasteiger partial charge on any atom is -0.503 e. The van der Waals surface area contributed by atoms with Gasteiger partial charge >= 0.3 is 0 Å². The van der Waals surface area contributed by atoms with Crippen LogP contribution in [0.1, 0.15) is 29.8 Å². The van der Waals surface area contributed by atoms with Gasteiger partial charge in [-0.3, -0.25) is 9.59 Å². The van der Waals surface area contributed by atoms with E-state index >= 15 is 0 Å². The van der Waals surface area contributed by atoms with Gasteiger partial charge in [0.2, 0.25) is 0 Å². The number of para-hydroxylation sites is 1. The number of carbonyl (C=O) groups excluding carboxylic acids is 2. The molecule has 4 rings (SSSR count). The maximum Gasteiger partial charge on any atom is 0.290 e. The van der Waals surface area contributed by atoms with E-state index in [4.69, 9.17) is 0 Å². The molecule has 148 valence electrons. The summed E-state index contributed by atoms with van der Waals surface area (Å²) in [6, 6.07) is 13.0. The van der Waals surface area contributed by atoms with Crippen molar-refractivity contribution in [2.45, 2.75) is 26.3 Å². The molecule has 0 aliphatic carbocycles. The molecule has 0 fully saturated rings. The summed E-state index contributed by atoms with van der Waals surface area (Å²) in [5, 5.41) is 11.4. The van der Waals surface area contributed by atoms with E-state index in [1.807, 2.05) is 31.2 Å². The topological polar surface area (TPSA) is 73.4 Å². The van der Waals surface area contributed by atoms with Crippen molar-refractivity contribution >= 4 is 22.6 Å². The number of aliphatic hydroxyl groups excluding tert-OH is 1. The fourth-order valence-corrected chi connectivity index (χ4v) is 4.15. The van der Waals surface area contributed by atoms with Crippen LogP contribution in [0, 0.1) is 12.7 Å². The van der Waals surface area contributed by atoms with E-state index in [9.17, 15) is 19.1 Å². The highest BCUT2D eigenvalue weighted by Gasteiger charge is 2.43. The molecule has 1 aromatic heterocycles. The fourth-order valence-electron chi connectivity index (χ4n) is 4.15. The van der Waals surface area contributed by atoms with Crippen LogP contribution in [0.2, 0.25) is 0 Å². The lowest BCUT2D eigenvalue weighted by atomic mass is 9.96. The molecule has 1 amide bonds. The first kappa shape index (κ1) is 18.9. The highest BCUT2D eigenvalue weighted by Crippen LogP contribution is 2.39. The second-order valence-electron chi connectivity index (χ2n) is 7.27. The highest BCUT2D eigenvalue weighted by molar-refractivity contribution is 6.08. The zero-order valence-electron chi connectivity index (χ0n) is 16.2. The van der Waals surface area contributed by atoms with Crippen molar-refractivity contribution in [1.82, 2.24) is 9.88 Å². The fraction of sp³-hybridized carbons (Fsp3) is 0.217. The molecule has 0 unspecified atom stereocenters. The lowest BCUT2D eigenvalue weighted by Crippen LogP contribution is -2.33. The van der Waals surface area contributed by atoms with E-state index in [1.54, 1.807) is 18.2 Å². The third-order valence-corrected chi connectivity index (χ3v) is 5.51. The number of carbonyl (C=O) groups is 2. The largest absolute Gasteiger partial charge is 0.503 e. The van der Waals surface area contributed by atoms with Crippen molar-refractivity contribution in [3.8, 4) is 0 Å². The van der Waals surface area contributed by atoms with E-state index < -0.39 is 29.3 Å². The summed E-state index contributed by atoms with van der Waals surface area (Å²) >= 11 is 0. The molecule has 1 atom stereocenters. The number of fused-ring (bicyclic) bond motifs is 1. The summed E-state index contributed by atoms with van der Waals surface area (Å²) < 4.78 is 14.5. The van der Waals surface area contributed by atoms with Gasteiger partial charge in [-0.2, -0.15) is 0 Å². The molecule has 1 aliphatic rings. The molecule has 0 bridgehead atoms.